The van der Waals surface area contributed by atoms with Crippen molar-refractivity contribution in [1.29, 1.82) is 0 Å². The van der Waals surface area contributed by atoms with Crippen molar-refractivity contribution >= 4 is 5.97 Å². The molecule has 0 radical (unpaired) electrons. The van der Waals surface area contributed by atoms with Gasteiger partial charge in [-0.25, -0.2) is 0 Å². The van der Waals surface area contributed by atoms with Crippen molar-refractivity contribution in [2.45, 2.75) is 32.4 Å². The monoisotopic (exact) mass is 225 g/mol. The Hall–Kier alpha value is -1.36. The Morgan fingerprint density at radius 1 is 1.69 bits per heavy atom. The molecule has 0 bridgehead atoms. The van der Waals surface area contributed by atoms with Crippen molar-refractivity contribution in [2.24, 2.45) is 7.05 Å². The Labute approximate surface area is 95.7 Å². The molecule has 5 heteroatoms. The summed E-state index contributed by atoms with van der Waals surface area (Å²) in [7, 11) is 3.69. The zero-order valence-electron chi connectivity index (χ0n) is 10.2. The quantitative estimate of drug-likeness (QED) is 0.820. The van der Waals surface area contributed by atoms with Crippen LogP contribution in [-0.4, -0.2) is 38.8 Å². The molecule has 0 amide bonds. The minimum Gasteiger partial charge on any atom is -0.480 e. The minimum absolute atomic E-state index is 0.0507. The molecule has 1 aromatic heterocycles. The fourth-order valence-electron chi connectivity index (χ4n) is 1.80. The molecule has 0 aromatic carbocycles. The highest BCUT2D eigenvalue weighted by molar-refractivity contribution is 5.73. The molecule has 0 aliphatic rings. The predicted octanol–water partition coefficient (Wildman–Crippen LogP) is 1.28. The molecular formula is C11H19N3O2. The molecule has 2 unspecified atom stereocenters. The maximum atomic E-state index is 11.1. The van der Waals surface area contributed by atoms with E-state index in [1.165, 1.54) is 0 Å². The van der Waals surface area contributed by atoms with Crippen LogP contribution in [0.15, 0.2) is 12.4 Å². The van der Waals surface area contributed by atoms with E-state index < -0.39 is 12.0 Å². The Bertz CT molecular complexity index is 362. The van der Waals surface area contributed by atoms with Crippen molar-refractivity contribution in [3.63, 3.8) is 0 Å². The lowest BCUT2D eigenvalue weighted by atomic mass is 10.1. The van der Waals surface area contributed by atoms with Crippen molar-refractivity contribution in [3.8, 4) is 0 Å². The number of likely N-dealkylation sites (N-methyl/N-ethyl adjacent to an activating group) is 1. The van der Waals surface area contributed by atoms with Gasteiger partial charge >= 0.3 is 5.97 Å². The van der Waals surface area contributed by atoms with Crippen molar-refractivity contribution in [2.75, 3.05) is 7.05 Å². The summed E-state index contributed by atoms with van der Waals surface area (Å²) in [5.41, 5.74) is 1.03. The fraction of sp³-hybridized carbons (Fsp3) is 0.636. The third-order valence-corrected chi connectivity index (χ3v) is 2.98. The van der Waals surface area contributed by atoms with Crippen LogP contribution < -0.4 is 0 Å². The maximum absolute atomic E-state index is 11.1. The van der Waals surface area contributed by atoms with Crippen LogP contribution in [0, 0.1) is 0 Å². The molecular weight excluding hydrogens is 206 g/mol. The molecule has 90 valence electrons. The van der Waals surface area contributed by atoms with Gasteiger partial charge < -0.3 is 5.11 Å². The molecule has 0 saturated carbocycles. The summed E-state index contributed by atoms with van der Waals surface area (Å²) in [4.78, 5) is 12.9. The normalized spacial score (nSPS) is 15.1. The molecule has 0 aliphatic heterocycles. The van der Waals surface area contributed by atoms with Crippen LogP contribution >= 0.6 is 0 Å². The first-order valence-corrected chi connectivity index (χ1v) is 5.40. The van der Waals surface area contributed by atoms with E-state index in [2.05, 4.69) is 5.10 Å². The van der Waals surface area contributed by atoms with E-state index in [0.717, 1.165) is 5.56 Å². The Morgan fingerprint density at radius 3 is 2.69 bits per heavy atom. The van der Waals surface area contributed by atoms with Gasteiger partial charge in [0.15, 0.2) is 0 Å². The fourth-order valence-corrected chi connectivity index (χ4v) is 1.80. The molecule has 0 fully saturated rings. The van der Waals surface area contributed by atoms with Gasteiger partial charge in [0, 0.05) is 24.8 Å². The second-order valence-electron chi connectivity index (χ2n) is 4.05. The van der Waals surface area contributed by atoms with Gasteiger partial charge in [-0.1, -0.05) is 6.92 Å². The van der Waals surface area contributed by atoms with Crippen LogP contribution in [0.2, 0.25) is 0 Å². The lowest BCUT2D eigenvalue weighted by Crippen LogP contribution is -2.39. The van der Waals surface area contributed by atoms with Crippen molar-refractivity contribution < 1.29 is 9.90 Å². The predicted molar refractivity (Wildman–Crippen MR) is 61.1 cm³/mol. The Kier molecular flexibility index (Phi) is 4.06. The topological polar surface area (TPSA) is 58.4 Å². The number of carboxylic acids is 1. The third-order valence-electron chi connectivity index (χ3n) is 2.98. The second-order valence-corrected chi connectivity index (χ2v) is 4.05. The molecule has 0 aliphatic carbocycles. The molecule has 1 N–H and O–H groups in total. The number of carboxylic acid groups (broad SMARTS) is 1. The van der Waals surface area contributed by atoms with Crippen LogP contribution in [0.25, 0.3) is 0 Å². The first-order chi connectivity index (χ1) is 7.47. The number of aryl methyl sites for hydroxylation is 1. The zero-order chi connectivity index (χ0) is 12.3. The van der Waals surface area contributed by atoms with Gasteiger partial charge in [-0.2, -0.15) is 5.10 Å². The number of aliphatic carboxylic acids is 1. The number of hydrogen-bond acceptors (Lipinski definition) is 3. The van der Waals surface area contributed by atoms with Gasteiger partial charge in [0.2, 0.25) is 0 Å². The van der Waals surface area contributed by atoms with Crippen LogP contribution in [0.5, 0.6) is 0 Å². The highest BCUT2D eigenvalue weighted by atomic mass is 16.4. The van der Waals surface area contributed by atoms with Crippen LogP contribution in [-0.2, 0) is 11.8 Å². The SMILES string of the molecule is CCC(C(=O)O)N(C)C(C)c1cnn(C)c1. The molecule has 5 nitrogen and oxygen atoms in total. The van der Waals surface area contributed by atoms with E-state index >= 15 is 0 Å². The lowest BCUT2D eigenvalue weighted by molar-refractivity contribution is -0.143. The maximum Gasteiger partial charge on any atom is 0.320 e. The van der Waals surface area contributed by atoms with E-state index in [-0.39, 0.29) is 6.04 Å². The van der Waals surface area contributed by atoms with Gasteiger partial charge in [-0.15, -0.1) is 0 Å². The van der Waals surface area contributed by atoms with E-state index in [0.29, 0.717) is 6.42 Å². The largest absolute Gasteiger partial charge is 0.480 e. The summed E-state index contributed by atoms with van der Waals surface area (Å²) in [6.07, 6.45) is 4.28. The van der Waals surface area contributed by atoms with Gasteiger partial charge in [0.05, 0.1) is 6.20 Å². The number of carbonyl (C=O) groups is 1. The van der Waals surface area contributed by atoms with E-state index in [9.17, 15) is 4.79 Å². The van der Waals surface area contributed by atoms with Gasteiger partial charge in [0.25, 0.3) is 0 Å². The standard InChI is InChI=1S/C11H19N3O2/c1-5-10(11(15)16)14(4)8(2)9-6-12-13(3)7-9/h6-8,10H,5H2,1-4H3,(H,15,16). The van der Waals surface area contributed by atoms with Crippen LogP contribution in [0.3, 0.4) is 0 Å². The van der Waals surface area contributed by atoms with Crippen LogP contribution in [0.4, 0.5) is 0 Å². The third kappa shape index (κ3) is 2.61. The Balaban J connectivity index is 2.80. The van der Waals surface area contributed by atoms with Crippen molar-refractivity contribution in [1.82, 2.24) is 14.7 Å². The van der Waals surface area contributed by atoms with Gasteiger partial charge in [0.1, 0.15) is 6.04 Å². The number of aromatic nitrogens is 2. The van der Waals surface area contributed by atoms with E-state index in [1.807, 2.05) is 39.0 Å². The highest BCUT2D eigenvalue weighted by Crippen LogP contribution is 2.21. The van der Waals surface area contributed by atoms with Crippen LogP contribution in [0.1, 0.15) is 31.9 Å². The second kappa shape index (κ2) is 5.12. The summed E-state index contributed by atoms with van der Waals surface area (Å²) in [6, 6.07) is -0.398. The average molecular weight is 225 g/mol. The smallest absolute Gasteiger partial charge is 0.320 e. The molecule has 2 atom stereocenters. The van der Waals surface area contributed by atoms with Gasteiger partial charge in [-0.05, 0) is 20.4 Å². The molecule has 16 heavy (non-hydrogen) atoms. The number of nitrogens with zero attached hydrogens (tertiary/aromatic N) is 3. The summed E-state index contributed by atoms with van der Waals surface area (Å²) in [5, 5.41) is 13.2. The van der Waals surface area contributed by atoms with E-state index in [1.54, 1.807) is 10.9 Å². The molecule has 0 spiro atoms. The molecule has 1 aromatic rings. The first kappa shape index (κ1) is 12.7. The minimum atomic E-state index is -0.777. The summed E-state index contributed by atoms with van der Waals surface area (Å²) in [5.74, 6) is -0.777. The lowest BCUT2D eigenvalue weighted by Gasteiger charge is -2.29. The van der Waals surface area contributed by atoms with Crippen molar-refractivity contribution in [3.05, 3.63) is 18.0 Å². The number of hydrogen-bond donors (Lipinski definition) is 1. The van der Waals surface area contributed by atoms with Gasteiger partial charge in [-0.3, -0.25) is 14.4 Å². The average Bonchev–Trinajstić information content (AvgIpc) is 2.64. The number of rotatable bonds is 5. The summed E-state index contributed by atoms with van der Waals surface area (Å²) < 4.78 is 1.72. The first-order valence-electron chi connectivity index (χ1n) is 5.40. The Morgan fingerprint density at radius 2 is 2.31 bits per heavy atom. The highest BCUT2D eigenvalue weighted by Gasteiger charge is 2.25. The molecule has 0 saturated heterocycles. The zero-order valence-corrected chi connectivity index (χ0v) is 10.2. The summed E-state index contributed by atoms with van der Waals surface area (Å²) in [6.45, 7) is 3.87. The molecule has 1 heterocycles. The molecule has 1 rings (SSSR count). The summed E-state index contributed by atoms with van der Waals surface area (Å²) >= 11 is 0. The van der Waals surface area contributed by atoms with E-state index in [4.69, 9.17) is 5.11 Å².